The van der Waals surface area contributed by atoms with Gasteiger partial charge >= 0.3 is 0 Å². The van der Waals surface area contributed by atoms with E-state index in [-0.39, 0.29) is 18.3 Å². The molecule has 0 spiro atoms. The van der Waals surface area contributed by atoms with Crippen molar-refractivity contribution in [3.05, 3.63) is 0 Å². The molecule has 1 N–H and O–H groups in total. The summed E-state index contributed by atoms with van der Waals surface area (Å²) in [6.45, 7) is 6.38. The first-order chi connectivity index (χ1) is 7.20. The van der Waals surface area contributed by atoms with Crippen molar-refractivity contribution in [1.82, 2.24) is 10.2 Å². The number of halogens is 1. The van der Waals surface area contributed by atoms with Crippen molar-refractivity contribution in [2.45, 2.75) is 51.6 Å². The fourth-order valence-corrected chi connectivity index (χ4v) is 2.91. The zero-order valence-corrected chi connectivity index (χ0v) is 11.1. The Hall–Kier alpha value is -0.280. The second-order valence-electron chi connectivity index (χ2n) is 5.05. The van der Waals surface area contributed by atoms with Crippen molar-refractivity contribution in [2.75, 3.05) is 13.1 Å². The third kappa shape index (κ3) is 2.69. The summed E-state index contributed by atoms with van der Waals surface area (Å²) in [4.78, 5) is 14.5. The maximum absolute atomic E-state index is 12.3. The fraction of sp³-hybridized carbons (Fsp3) is 0.917. The maximum Gasteiger partial charge on any atom is 0.226 e. The molecule has 2 rings (SSSR count). The van der Waals surface area contributed by atoms with E-state index in [0.717, 1.165) is 25.9 Å². The Morgan fingerprint density at radius 3 is 2.06 bits per heavy atom. The highest BCUT2D eigenvalue weighted by Gasteiger charge is 2.35. The number of likely N-dealkylation sites (tertiary alicyclic amines) is 1. The third-order valence-corrected chi connectivity index (χ3v) is 3.89. The van der Waals surface area contributed by atoms with Crippen molar-refractivity contribution in [3.8, 4) is 0 Å². The molecular weight excluding hydrogens is 224 g/mol. The summed E-state index contributed by atoms with van der Waals surface area (Å²) in [5.74, 6) is 0.697. The smallest absolute Gasteiger partial charge is 0.226 e. The second-order valence-corrected chi connectivity index (χ2v) is 5.05. The van der Waals surface area contributed by atoms with Crippen LogP contribution in [-0.4, -0.2) is 36.0 Å². The summed E-state index contributed by atoms with van der Waals surface area (Å²) in [6.07, 6.45) is 4.40. The number of rotatable bonds is 1. The van der Waals surface area contributed by atoms with E-state index in [1.165, 1.54) is 12.8 Å². The predicted molar refractivity (Wildman–Crippen MR) is 67.8 cm³/mol. The monoisotopic (exact) mass is 246 g/mol. The van der Waals surface area contributed by atoms with Crippen molar-refractivity contribution < 1.29 is 4.79 Å². The topological polar surface area (TPSA) is 32.3 Å². The van der Waals surface area contributed by atoms with Crippen LogP contribution < -0.4 is 5.32 Å². The number of nitrogens with zero attached hydrogens (tertiary/aromatic N) is 1. The van der Waals surface area contributed by atoms with Gasteiger partial charge in [0, 0.05) is 18.0 Å². The number of amides is 1. The molecule has 0 aromatic rings. The van der Waals surface area contributed by atoms with E-state index < -0.39 is 0 Å². The van der Waals surface area contributed by atoms with Crippen LogP contribution in [0.5, 0.6) is 0 Å². The Kier molecular flexibility index (Phi) is 5.06. The lowest BCUT2D eigenvalue weighted by atomic mass is 9.96. The molecule has 0 aliphatic carbocycles. The van der Waals surface area contributed by atoms with Crippen LogP contribution >= 0.6 is 12.4 Å². The summed E-state index contributed by atoms with van der Waals surface area (Å²) < 4.78 is 0. The van der Waals surface area contributed by atoms with Crippen molar-refractivity contribution >= 4 is 18.3 Å². The molecule has 2 atom stereocenters. The van der Waals surface area contributed by atoms with Gasteiger partial charge in [0.15, 0.2) is 0 Å². The zero-order valence-electron chi connectivity index (χ0n) is 10.2. The van der Waals surface area contributed by atoms with E-state index in [4.69, 9.17) is 0 Å². The molecule has 2 saturated heterocycles. The van der Waals surface area contributed by atoms with Crippen LogP contribution in [0.15, 0.2) is 0 Å². The van der Waals surface area contributed by atoms with Crippen LogP contribution in [0.1, 0.15) is 39.5 Å². The van der Waals surface area contributed by atoms with Crippen LogP contribution in [0.25, 0.3) is 0 Å². The molecule has 3 nitrogen and oxygen atoms in total. The van der Waals surface area contributed by atoms with E-state index in [1.54, 1.807) is 0 Å². The Balaban J connectivity index is 0.00000128. The van der Waals surface area contributed by atoms with Gasteiger partial charge in [-0.05, 0) is 52.6 Å². The largest absolute Gasteiger partial charge is 0.337 e. The van der Waals surface area contributed by atoms with Gasteiger partial charge in [-0.25, -0.2) is 0 Å². The van der Waals surface area contributed by atoms with E-state index in [9.17, 15) is 4.79 Å². The average Bonchev–Trinajstić information content (AvgIpc) is 2.59. The van der Waals surface area contributed by atoms with E-state index in [0.29, 0.717) is 18.0 Å². The Bertz CT molecular complexity index is 231. The lowest BCUT2D eigenvalue weighted by molar-refractivity contribution is -0.138. The molecule has 94 valence electrons. The molecule has 4 heteroatoms. The Morgan fingerprint density at radius 2 is 1.56 bits per heavy atom. The van der Waals surface area contributed by atoms with Crippen molar-refractivity contribution in [3.63, 3.8) is 0 Å². The fourth-order valence-electron chi connectivity index (χ4n) is 2.91. The summed E-state index contributed by atoms with van der Waals surface area (Å²) in [5, 5.41) is 3.31. The first-order valence-electron chi connectivity index (χ1n) is 6.23. The van der Waals surface area contributed by atoms with Gasteiger partial charge in [-0.1, -0.05) is 0 Å². The highest BCUT2D eigenvalue weighted by molar-refractivity contribution is 5.85. The lowest BCUT2D eigenvalue weighted by Crippen LogP contribution is -2.45. The number of carbonyl (C=O) groups is 1. The normalized spacial score (nSPS) is 31.2. The Morgan fingerprint density at radius 1 is 1.06 bits per heavy atom. The third-order valence-electron chi connectivity index (χ3n) is 3.89. The first kappa shape index (κ1) is 13.8. The van der Waals surface area contributed by atoms with E-state index >= 15 is 0 Å². The minimum absolute atomic E-state index is 0. The molecule has 0 aromatic heterocycles. The molecule has 2 fully saturated rings. The number of nitrogens with one attached hydrogen (secondary N) is 1. The number of hydrogen-bond acceptors (Lipinski definition) is 2. The quantitative estimate of drug-likeness (QED) is 0.766. The number of hydrogen-bond donors (Lipinski definition) is 1. The molecule has 0 radical (unpaired) electrons. The van der Waals surface area contributed by atoms with Gasteiger partial charge in [0.25, 0.3) is 0 Å². The highest BCUT2D eigenvalue weighted by atomic mass is 35.5. The average molecular weight is 247 g/mol. The second kappa shape index (κ2) is 5.87. The minimum Gasteiger partial charge on any atom is -0.337 e. The summed E-state index contributed by atoms with van der Waals surface area (Å²) >= 11 is 0. The van der Waals surface area contributed by atoms with Crippen LogP contribution in [0, 0.1) is 5.92 Å². The molecular formula is C12H23ClN2O. The predicted octanol–water partition coefficient (Wildman–Crippen LogP) is 1.81. The van der Waals surface area contributed by atoms with Gasteiger partial charge in [0.05, 0.1) is 0 Å². The minimum atomic E-state index is 0. The molecule has 2 aliphatic heterocycles. The van der Waals surface area contributed by atoms with Gasteiger partial charge in [-0.3, -0.25) is 4.79 Å². The van der Waals surface area contributed by atoms with Gasteiger partial charge < -0.3 is 10.2 Å². The van der Waals surface area contributed by atoms with Gasteiger partial charge in [0.2, 0.25) is 5.91 Å². The standard InChI is InChI=1S/C12H22N2O.ClH/c1-9-3-4-10(2)14(9)12(15)11-5-7-13-8-6-11;/h9-11,13H,3-8H2,1-2H3;1H. The molecule has 0 saturated carbocycles. The lowest BCUT2D eigenvalue weighted by Gasteiger charge is -2.32. The number of carbonyl (C=O) groups excluding carboxylic acids is 1. The molecule has 0 aromatic carbocycles. The maximum atomic E-state index is 12.3. The van der Waals surface area contributed by atoms with Crippen LogP contribution in [-0.2, 0) is 4.79 Å². The summed E-state index contributed by atoms with van der Waals surface area (Å²) in [7, 11) is 0. The van der Waals surface area contributed by atoms with Gasteiger partial charge in [0.1, 0.15) is 0 Å². The van der Waals surface area contributed by atoms with E-state index in [2.05, 4.69) is 24.1 Å². The molecule has 1 amide bonds. The Labute approximate surface area is 104 Å². The van der Waals surface area contributed by atoms with Gasteiger partial charge in [-0.15, -0.1) is 12.4 Å². The van der Waals surface area contributed by atoms with Crippen molar-refractivity contribution in [1.29, 1.82) is 0 Å². The number of piperidine rings is 1. The highest BCUT2D eigenvalue weighted by Crippen LogP contribution is 2.27. The van der Waals surface area contributed by atoms with Crippen LogP contribution in [0.2, 0.25) is 0 Å². The SMILES string of the molecule is CC1CCC(C)N1C(=O)C1CCNCC1.Cl. The summed E-state index contributed by atoms with van der Waals surface area (Å²) in [6, 6.07) is 0.921. The van der Waals surface area contributed by atoms with Crippen molar-refractivity contribution in [2.24, 2.45) is 5.92 Å². The van der Waals surface area contributed by atoms with Crippen LogP contribution in [0.3, 0.4) is 0 Å². The molecule has 2 aliphatic rings. The molecule has 2 heterocycles. The molecule has 0 bridgehead atoms. The van der Waals surface area contributed by atoms with E-state index in [1.807, 2.05) is 0 Å². The summed E-state index contributed by atoms with van der Waals surface area (Å²) in [5.41, 5.74) is 0. The molecule has 16 heavy (non-hydrogen) atoms. The zero-order chi connectivity index (χ0) is 10.8. The van der Waals surface area contributed by atoms with Crippen LogP contribution in [0.4, 0.5) is 0 Å². The van der Waals surface area contributed by atoms with Gasteiger partial charge in [-0.2, -0.15) is 0 Å². The first-order valence-corrected chi connectivity index (χ1v) is 6.23. The molecule has 2 unspecified atom stereocenters.